The first-order valence-electron chi connectivity index (χ1n) is 7.85. The van der Waals surface area contributed by atoms with E-state index in [-0.39, 0.29) is 12.1 Å². The van der Waals surface area contributed by atoms with E-state index in [0.29, 0.717) is 0 Å². The Kier molecular flexibility index (Phi) is 4.53. The van der Waals surface area contributed by atoms with E-state index in [4.69, 9.17) is 15.7 Å². The summed E-state index contributed by atoms with van der Waals surface area (Å²) in [5.41, 5.74) is 5.23. The van der Waals surface area contributed by atoms with Gasteiger partial charge in [0.2, 0.25) is 0 Å². The zero-order valence-electron chi connectivity index (χ0n) is 12.6. The number of nitrogens with two attached hydrogens (primary N) is 1. The van der Waals surface area contributed by atoms with Gasteiger partial charge in [-0.2, -0.15) is 5.10 Å². The highest BCUT2D eigenvalue weighted by atomic mass is 16.5. The predicted molar refractivity (Wildman–Crippen MR) is 83.8 cm³/mol. The molecule has 0 bridgehead atoms. The van der Waals surface area contributed by atoms with Crippen molar-refractivity contribution in [1.82, 2.24) is 15.2 Å². The Morgan fingerprint density at radius 3 is 3.00 bits per heavy atom. The molecule has 0 spiro atoms. The molecule has 0 amide bonds. The van der Waals surface area contributed by atoms with Gasteiger partial charge < -0.3 is 4.74 Å². The molecule has 0 aliphatic carbocycles. The third kappa shape index (κ3) is 2.95. The lowest BCUT2D eigenvalue weighted by Gasteiger charge is -2.29. The molecule has 3 rings (SSSR count). The van der Waals surface area contributed by atoms with Gasteiger partial charge in [0.25, 0.3) is 0 Å². The molecule has 114 valence electrons. The fourth-order valence-corrected chi connectivity index (χ4v) is 3.18. The molecule has 2 aromatic rings. The van der Waals surface area contributed by atoms with E-state index in [1.807, 2.05) is 0 Å². The van der Waals surface area contributed by atoms with Gasteiger partial charge in [-0.05, 0) is 32.3 Å². The van der Waals surface area contributed by atoms with Crippen molar-refractivity contribution in [3.63, 3.8) is 0 Å². The molecule has 1 fully saturated rings. The number of benzene rings is 1. The number of hydrogen-bond acceptors (Lipinski definition) is 4. The maximum atomic E-state index is 5.87. The summed E-state index contributed by atoms with van der Waals surface area (Å²) in [6.07, 6.45) is 4.43. The molecular weight excluding hydrogens is 264 g/mol. The van der Waals surface area contributed by atoms with E-state index < -0.39 is 0 Å². The molecule has 5 heteroatoms. The monoisotopic (exact) mass is 288 g/mol. The van der Waals surface area contributed by atoms with Crippen molar-refractivity contribution in [2.45, 2.75) is 51.3 Å². The van der Waals surface area contributed by atoms with E-state index in [0.717, 1.165) is 38.1 Å². The molecule has 0 radical (unpaired) electrons. The summed E-state index contributed by atoms with van der Waals surface area (Å²) >= 11 is 0. The van der Waals surface area contributed by atoms with Gasteiger partial charge in [0.15, 0.2) is 0 Å². The molecule has 21 heavy (non-hydrogen) atoms. The first kappa shape index (κ1) is 14.5. The maximum Gasteiger partial charge on any atom is 0.0745 e. The molecule has 2 heterocycles. The van der Waals surface area contributed by atoms with Crippen molar-refractivity contribution in [2.75, 3.05) is 6.61 Å². The number of nitrogens with one attached hydrogen (secondary N) is 1. The standard InChI is InChI=1S/C16H24N4O/c1-2-20-15-8-4-3-7-12(15)13(19-20)11-14(18-17)16-9-5-6-10-21-16/h3-4,7-8,14,16,18H,2,5-6,9-11,17H2,1H3. The van der Waals surface area contributed by atoms with Crippen LogP contribution in [0.3, 0.4) is 0 Å². The van der Waals surface area contributed by atoms with Crippen LogP contribution in [0, 0.1) is 0 Å². The van der Waals surface area contributed by atoms with Crippen LogP contribution in [-0.2, 0) is 17.7 Å². The highest BCUT2D eigenvalue weighted by Gasteiger charge is 2.25. The van der Waals surface area contributed by atoms with E-state index in [1.165, 1.54) is 17.3 Å². The molecule has 3 N–H and O–H groups in total. The summed E-state index contributed by atoms with van der Waals surface area (Å²) in [6.45, 7) is 3.83. The zero-order chi connectivity index (χ0) is 14.7. The molecule has 1 aliphatic heterocycles. The summed E-state index contributed by atoms with van der Waals surface area (Å²) in [5.74, 6) is 5.77. The summed E-state index contributed by atoms with van der Waals surface area (Å²) < 4.78 is 7.93. The number of nitrogens with zero attached hydrogens (tertiary/aromatic N) is 2. The highest BCUT2D eigenvalue weighted by Crippen LogP contribution is 2.23. The van der Waals surface area contributed by atoms with E-state index >= 15 is 0 Å². The number of rotatable bonds is 5. The molecule has 0 saturated carbocycles. The van der Waals surface area contributed by atoms with Crippen LogP contribution in [0.4, 0.5) is 0 Å². The third-order valence-corrected chi connectivity index (χ3v) is 4.33. The van der Waals surface area contributed by atoms with Crippen molar-refractivity contribution in [3.05, 3.63) is 30.0 Å². The number of hydrazine groups is 1. The Morgan fingerprint density at radius 1 is 1.43 bits per heavy atom. The van der Waals surface area contributed by atoms with Gasteiger partial charge in [-0.1, -0.05) is 18.2 Å². The van der Waals surface area contributed by atoms with Crippen LogP contribution in [0.25, 0.3) is 10.9 Å². The summed E-state index contributed by atoms with van der Waals surface area (Å²) in [7, 11) is 0. The van der Waals surface area contributed by atoms with Gasteiger partial charge in [-0.3, -0.25) is 16.0 Å². The van der Waals surface area contributed by atoms with Gasteiger partial charge in [0, 0.05) is 25.0 Å². The van der Waals surface area contributed by atoms with E-state index in [9.17, 15) is 0 Å². The Morgan fingerprint density at radius 2 is 2.29 bits per heavy atom. The zero-order valence-corrected chi connectivity index (χ0v) is 12.6. The SMILES string of the molecule is CCn1nc(CC(NN)C2CCCCO2)c2ccccc21. The summed E-state index contributed by atoms with van der Waals surface area (Å²) in [4.78, 5) is 0. The number of aromatic nitrogens is 2. The third-order valence-electron chi connectivity index (χ3n) is 4.33. The molecular formula is C16H24N4O. The van der Waals surface area contributed by atoms with Gasteiger partial charge in [-0.15, -0.1) is 0 Å². The largest absolute Gasteiger partial charge is 0.377 e. The van der Waals surface area contributed by atoms with Crippen LogP contribution >= 0.6 is 0 Å². The second-order valence-corrected chi connectivity index (χ2v) is 5.66. The van der Waals surface area contributed by atoms with Crippen molar-refractivity contribution >= 4 is 10.9 Å². The number of para-hydroxylation sites is 1. The smallest absolute Gasteiger partial charge is 0.0745 e. The maximum absolute atomic E-state index is 5.87. The normalized spacial score (nSPS) is 20.8. The quantitative estimate of drug-likeness (QED) is 0.652. The van der Waals surface area contributed by atoms with E-state index in [1.54, 1.807) is 0 Å². The highest BCUT2D eigenvalue weighted by molar-refractivity contribution is 5.82. The molecule has 5 nitrogen and oxygen atoms in total. The van der Waals surface area contributed by atoms with E-state index in [2.05, 4.69) is 41.3 Å². The van der Waals surface area contributed by atoms with Crippen LogP contribution in [0.5, 0.6) is 0 Å². The predicted octanol–water partition coefficient (Wildman–Crippen LogP) is 2.00. The summed E-state index contributed by atoms with van der Waals surface area (Å²) in [5, 5.41) is 5.97. The first-order valence-corrected chi connectivity index (χ1v) is 7.85. The Bertz CT molecular complexity index is 589. The van der Waals surface area contributed by atoms with Crippen LogP contribution in [0.1, 0.15) is 31.9 Å². The topological polar surface area (TPSA) is 65.1 Å². The molecule has 1 aliphatic rings. The van der Waals surface area contributed by atoms with Gasteiger partial charge in [0.1, 0.15) is 0 Å². The average Bonchev–Trinajstić information content (AvgIpc) is 2.91. The molecule has 1 aromatic heterocycles. The van der Waals surface area contributed by atoms with Gasteiger partial charge in [0.05, 0.1) is 23.4 Å². The van der Waals surface area contributed by atoms with Crippen LogP contribution < -0.4 is 11.3 Å². The molecule has 2 atom stereocenters. The van der Waals surface area contributed by atoms with Crippen molar-refractivity contribution in [3.8, 4) is 0 Å². The minimum absolute atomic E-state index is 0.119. The molecule has 2 unspecified atom stereocenters. The van der Waals surface area contributed by atoms with Crippen LogP contribution in [-0.4, -0.2) is 28.5 Å². The lowest BCUT2D eigenvalue weighted by atomic mass is 9.98. The second kappa shape index (κ2) is 6.56. The van der Waals surface area contributed by atoms with Crippen LogP contribution in [0.2, 0.25) is 0 Å². The Balaban J connectivity index is 1.85. The van der Waals surface area contributed by atoms with Gasteiger partial charge >= 0.3 is 0 Å². The fourth-order valence-electron chi connectivity index (χ4n) is 3.18. The first-order chi connectivity index (χ1) is 10.3. The Labute approximate surface area is 125 Å². The molecule has 1 aromatic carbocycles. The lowest BCUT2D eigenvalue weighted by Crippen LogP contribution is -2.47. The van der Waals surface area contributed by atoms with Crippen molar-refractivity contribution in [1.29, 1.82) is 0 Å². The second-order valence-electron chi connectivity index (χ2n) is 5.66. The lowest BCUT2D eigenvalue weighted by molar-refractivity contribution is -0.00759. The Hall–Kier alpha value is -1.43. The number of fused-ring (bicyclic) bond motifs is 1. The number of ether oxygens (including phenoxy) is 1. The fraction of sp³-hybridized carbons (Fsp3) is 0.562. The van der Waals surface area contributed by atoms with Crippen LogP contribution in [0.15, 0.2) is 24.3 Å². The van der Waals surface area contributed by atoms with Crippen molar-refractivity contribution in [2.24, 2.45) is 5.84 Å². The summed E-state index contributed by atoms with van der Waals surface area (Å²) in [6, 6.07) is 8.50. The average molecular weight is 288 g/mol. The number of hydrogen-bond donors (Lipinski definition) is 2. The van der Waals surface area contributed by atoms with Crippen molar-refractivity contribution < 1.29 is 4.74 Å². The minimum atomic E-state index is 0.119. The molecule has 1 saturated heterocycles. The number of aryl methyl sites for hydroxylation is 1. The van der Waals surface area contributed by atoms with Gasteiger partial charge in [-0.25, -0.2) is 0 Å². The minimum Gasteiger partial charge on any atom is -0.377 e.